The average molecular weight is 305 g/mol. The molecule has 0 spiro atoms. The summed E-state index contributed by atoms with van der Waals surface area (Å²) < 4.78 is 1.69. The standard InChI is InChI=1S/C16H23N3O3/c1-18-10-12(9-17-18)7-13-8-14(20)19(15(13)21)11-16(22)5-3-2-4-6-16/h9-10,13,22H,2-8,11H2,1H3. The predicted molar refractivity (Wildman–Crippen MR) is 79.8 cm³/mol. The lowest BCUT2D eigenvalue weighted by atomic mass is 9.84. The van der Waals surface area contributed by atoms with Crippen molar-refractivity contribution in [1.82, 2.24) is 14.7 Å². The molecule has 2 heterocycles. The van der Waals surface area contributed by atoms with Gasteiger partial charge in [0.2, 0.25) is 11.8 Å². The van der Waals surface area contributed by atoms with Gasteiger partial charge in [0, 0.05) is 19.7 Å². The van der Waals surface area contributed by atoms with Gasteiger partial charge in [0.05, 0.1) is 24.3 Å². The molecular weight excluding hydrogens is 282 g/mol. The van der Waals surface area contributed by atoms with Crippen LogP contribution in [-0.2, 0) is 23.1 Å². The number of rotatable bonds is 4. The molecule has 6 nitrogen and oxygen atoms in total. The van der Waals surface area contributed by atoms with E-state index in [4.69, 9.17) is 0 Å². The fourth-order valence-corrected chi connectivity index (χ4v) is 3.60. The fourth-order valence-electron chi connectivity index (χ4n) is 3.60. The molecule has 22 heavy (non-hydrogen) atoms. The number of carbonyl (C=O) groups excluding carboxylic acids is 2. The molecule has 120 valence electrons. The molecular formula is C16H23N3O3. The Morgan fingerprint density at radius 1 is 1.32 bits per heavy atom. The molecule has 0 bridgehead atoms. The van der Waals surface area contributed by atoms with Gasteiger partial charge >= 0.3 is 0 Å². The maximum Gasteiger partial charge on any atom is 0.233 e. The van der Waals surface area contributed by atoms with Gasteiger partial charge in [-0.15, -0.1) is 0 Å². The van der Waals surface area contributed by atoms with Crippen molar-refractivity contribution >= 4 is 11.8 Å². The van der Waals surface area contributed by atoms with Gasteiger partial charge in [0.25, 0.3) is 0 Å². The van der Waals surface area contributed by atoms with Gasteiger partial charge in [-0.05, 0) is 24.8 Å². The first-order chi connectivity index (χ1) is 10.5. The van der Waals surface area contributed by atoms with E-state index in [1.807, 2.05) is 13.2 Å². The smallest absolute Gasteiger partial charge is 0.233 e. The maximum atomic E-state index is 12.5. The van der Waals surface area contributed by atoms with Gasteiger partial charge in [-0.2, -0.15) is 5.10 Å². The summed E-state index contributed by atoms with van der Waals surface area (Å²) in [5.74, 6) is -0.616. The van der Waals surface area contributed by atoms with Crippen molar-refractivity contribution in [3.05, 3.63) is 18.0 Å². The van der Waals surface area contributed by atoms with Crippen LogP contribution in [0, 0.1) is 5.92 Å². The molecule has 6 heteroatoms. The van der Waals surface area contributed by atoms with Crippen LogP contribution in [0.25, 0.3) is 0 Å². The number of β-amino-alcohol motifs (C(OH)–C–C–N with tert-alkyl or cyclic N) is 1. The molecule has 1 aromatic rings. The van der Waals surface area contributed by atoms with Crippen molar-refractivity contribution in [3.63, 3.8) is 0 Å². The Hall–Kier alpha value is -1.69. The summed E-state index contributed by atoms with van der Waals surface area (Å²) in [6, 6.07) is 0. The Labute approximate surface area is 130 Å². The largest absolute Gasteiger partial charge is 0.388 e. The van der Waals surface area contributed by atoms with E-state index >= 15 is 0 Å². The van der Waals surface area contributed by atoms with Crippen LogP contribution in [-0.4, -0.2) is 43.7 Å². The van der Waals surface area contributed by atoms with E-state index in [0.29, 0.717) is 19.3 Å². The maximum absolute atomic E-state index is 12.5. The number of likely N-dealkylation sites (tertiary alicyclic amines) is 1. The van der Waals surface area contributed by atoms with Gasteiger partial charge in [-0.25, -0.2) is 0 Å². The van der Waals surface area contributed by atoms with Crippen LogP contribution >= 0.6 is 0 Å². The van der Waals surface area contributed by atoms with E-state index in [9.17, 15) is 14.7 Å². The Kier molecular flexibility index (Phi) is 4.04. The summed E-state index contributed by atoms with van der Waals surface area (Å²) in [6.07, 6.45) is 8.78. The highest BCUT2D eigenvalue weighted by Gasteiger charge is 2.43. The fraction of sp³-hybridized carbons (Fsp3) is 0.688. The van der Waals surface area contributed by atoms with E-state index in [-0.39, 0.29) is 30.7 Å². The van der Waals surface area contributed by atoms with Crippen LogP contribution in [0.1, 0.15) is 44.1 Å². The lowest BCUT2D eigenvalue weighted by Gasteiger charge is -2.34. The van der Waals surface area contributed by atoms with E-state index < -0.39 is 5.60 Å². The number of imide groups is 1. The Morgan fingerprint density at radius 2 is 2.05 bits per heavy atom. The Bertz CT molecular complexity index is 575. The summed E-state index contributed by atoms with van der Waals surface area (Å²) in [4.78, 5) is 26.0. The van der Waals surface area contributed by atoms with E-state index in [1.165, 1.54) is 4.90 Å². The van der Waals surface area contributed by atoms with Gasteiger partial charge in [0.1, 0.15) is 0 Å². The summed E-state index contributed by atoms with van der Waals surface area (Å²) >= 11 is 0. The Balaban J connectivity index is 1.66. The number of hydrogen-bond donors (Lipinski definition) is 1. The first kappa shape index (κ1) is 15.2. The van der Waals surface area contributed by atoms with Gasteiger partial charge in [0.15, 0.2) is 0 Å². The molecule has 1 aliphatic heterocycles. The summed E-state index contributed by atoms with van der Waals surface area (Å²) in [5, 5.41) is 14.7. The van der Waals surface area contributed by atoms with Gasteiger partial charge in [-0.3, -0.25) is 19.2 Å². The molecule has 2 amide bonds. The quantitative estimate of drug-likeness (QED) is 0.843. The number of nitrogens with zero attached hydrogens (tertiary/aromatic N) is 3. The molecule has 0 radical (unpaired) electrons. The van der Waals surface area contributed by atoms with E-state index in [2.05, 4.69) is 5.10 Å². The monoisotopic (exact) mass is 305 g/mol. The second kappa shape index (κ2) is 5.83. The number of hydrogen-bond acceptors (Lipinski definition) is 4. The van der Waals surface area contributed by atoms with E-state index in [0.717, 1.165) is 24.8 Å². The first-order valence-corrected chi connectivity index (χ1v) is 8.01. The number of carbonyl (C=O) groups is 2. The molecule has 1 atom stereocenters. The molecule has 2 aliphatic rings. The minimum atomic E-state index is -0.882. The van der Waals surface area contributed by atoms with Crippen molar-refractivity contribution in [2.45, 2.75) is 50.5 Å². The molecule has 0 aromatic carbocycles. The summed E-state index contributed by atoms with van der Waals surface area (Å²) in [6.45, 7) is 0.161. The zero-order valence-electron chi connectivity index (χ0n) is 13.0. The highest BCUT2D eigenvalue weighted by Crippen LogP contribution is 2.32. The van der Waals surface area contributed by atoms with E-state index in [1.54, 1.807) is 10.9 Å². The molecule has 1 aromatic heterocycles. The topological polar surface area (TPSA) is 75.4 Å². The van der Waals surface area contributed by atoms with Crippen LogP contribution in [0.15, 0.2) is 12.4 Å². The molecule has 2 fully saturated rings. The van der Waals surface area contributed by atoms with Crippen molar-refractivity contribution in [3.8, 4) is 0 Å². The van der Waals surface area contributed by atoms with Crippen LogP contribution < -0.4 is 0 Å². The number of aromatic nitrogens is 2. The lowest BCUT2D eigenvalue weighted by molar-refractivity contribution is -0.144. The molecule has 1 aliphatic carbocycles. The molecule has 3 rings (SSSR count). The first-order valence-electron chi connectivity index (χ1n) is 8.01. The SMILES string of the molecule is Cn1cc(CC2CC(=O)N(CC3(O)CCCCC3)C2=O)cn1. The van der Waals surface area contributed by atoms with Gasteiger partial charge < -0.3 is 5.11 Å². The number of aryl methyl sites for hydroxylation is 1. The van der Waals surface area contributed by atoms with Crippen molar-refractivity contribution in [2.75, 3.05) is 6.54 Å². The van der Waals surface area contributed by atoms with Gasteiger partial charge in [-0.1, -0.05) is 19.3 Å². The minimum absolute atomic E-state index is 0.146. The third-order valence-electron chi connectivity index (χ3n) is 4.81. The van der Waals surface area contributed by atoms with Crippen LogP contribution in [0.5, 0.6) is 0 Å². The highest BCUT2D eigenvalue weighted by atomic mass is 16.3. The lowest BCUT2D eigenvalue weighted by Crippen LogP contribution is -2.47. The normalized spacial score (nSPS) is 25.0. The van der Waals surface area contributed by atoms with Crippen LogP contribution in [0.4, 0.5) is 0 Å². The number of amides is 2. The molecule has 1 N–H and O–H groups in total. The number of aliphatic hydroxyl groups is 1. The molecule has 1 saturated heterocycles. The molecule has 1 saturated carbocycles. The molecule has 1 unspecified atom stereocenters. The van der Waals surface area contributed by atoms with Crippen molar-refractivity contribution in [1.29, 1.82) is 0 Å². The second-order valence-electron chi connectivity index (χ2n) is 6.73. The zero-order valence-corrected chi connectivity index (χ0v) is 13.0. The average Bonchev–Trinajstić information content (AvgIpc) is 2.99. The predicted octanol–water partition coefficient (Wildman–Crippen LogP) is 1.03. The van der Waals surface area contributed by atoms with Crippen LogP contribution in [0.3, 0.4) is 0 Å². The summed E-state index contributed by atoms with van der Waals surface area (Å²) in [5.41, 5.74) is 0.0825. The third kappa shape index (κ3) is 3.06. The van der Waals surface area contributed by atoms with Crippen molar-refractivity contribution < 1.29 is 14.7 Å². The Morgan fingerprint density at radius 3 is 2.68 bits per heavy atom. The third-order valence-corrected chi connectivity index (χ3v) is 4.81. The van der Waals surface area contributed by atoms with Crippen molar-refractivity contribution in [2.24, 2.45) is 13.0 Å². The summed E-state index contributed by atoms with van der Waals surface area (Å²) in [7, 11) is 1.83. The second-order valence-corrected chi connectivity index (χ2v) is 6.73. The highest BCUT2D eigenvalue weighted by molar-refractivity contribution is 6.03. The van der Waals surface area contributed by atoms with Crippen LogP contribution in [0.2, 0.25) is 0 Å². The zero-order chi connectivity index (χ0) is 15.7. The minimum Gasteiger partial charge on any atom is -0.388 e.